The third kappa shape index (κ3) is 5.16. The van der Waals surface area contributed by atoms with Crippen molar-refractivity contribution in [2.75, 3.05) is 19.0 Å². The monoisotopic (exact) mass is 332 g/mol. The van der Waals surface area contributed by atoms with Gasteiger partial charge in [0.1, 0.15) is 29.7 Å². The zero-order valence-electron chi connectivity index (χ0n) is 13.7. The Hall–Kier alpha value is -3.70. The molecule has 2 aromatic carbocycles. The van der Waals surface area contributed by atoms with Crippen molar-refractivity contribution in [3.05, 3.63) is 59.7 Å². The molecule has 25 heavy (non-hydrogen) atoms. The Balaban J connectivity index is 2.14. The number of methoxy groups -OCH3 is 1. The van der Waals surface area contributed by atoms with Gasteiger partial charge in [-0.3, -0.25) is 4.79 Å². The minimum atomic E-state index is -0.498. The number of hydrogen-bond donors (Lipinski definition) is 1. The molecule has 0 saturated heterocycles. The molecule has 2 aromatic rings. The van der Waals surface area contributed by atoms with Gasteiger partial charge in [-0.25, -0.2) is 0 Å². The van der Waals surface area contributed by atoms with Gasteiger partial charge in [0.25, 0.3) is 5.91 Å². The predicted octanol–water partition coefficient (Wildman–Crippen LogP) is 3.25. The smallest absolute Gasteiger partial charge is 0.266 e. The molecule has 0 fully saturated rings. The van der Waals surface area contributed by atoms with E-state index >= 15 is 0 Å². The Bertz CT molecular complexity index is 856. The van der Waals surface area contributed by atoms with Crippen molar-refractivity contribution in [3.8, 4) is 29.9 Å². The first-order chi connectivity index (χ1) is 12.2. The molecule has 124 valence electrons. The molecule has 0 spiro atoms. The Morgan fingerprint density at radius 1 is 1.24 bits per heavy atom. The molecule has 0 aliphatic carbocycles. The molecule has 2 rings (SSSR count). The molecule has 1 N–H and O–H groups in total. The fourth-order valence-corrected chi connectivity index (χ4v) is 2.01. The molecule has 0 saturated carbocycles. The van der Waals surface area contributed by atoms with Crippen molar-refractivity contribution in [2.45, 2.75) is 0 Å². The van der Waals surface area contributed by atoms with Crippen LogP contribution in [0.5, 0.6) is 11.5 Å². The quantitative estimate of drug-likeness (QED) is 0.501. The van der Waals surface area contributed by atoms with Crippen molar-refractivity contribution < 1.29 is 14.3 Å². The van der Waals surface area contributed by atoms with Crippen LogP contribution in [0.1, 0.15) is 5.56 Å². The summed E-state index contributed by atoms with van der Waals surface area (Å²) in [7, 11) is 1.56. The van der Waals surface area contributed by atoms with Gasteiger partial charge in [0, 0.05) is 5.69 Å². The maximum absolute atomic E-state index is 12.3. The van der Waals surface area contributed by atoms with E-state index in [1.807, 2.05) is 6.07 Å². The summed E-state index contributed by atoms with van der Waals surface area (Å²) in [6, 6.07) is 15.7. The zero-order valence-corrected chi connectivity index (χ0v) is 13.7. The SMILES string of the molecule is C#CCOc1cccc(/C=C(/C#N)C(=O)Nc2ccc(OC)cc2)c1. The van der Waals surface area contributed by atoms with Crippen molar-refractivity contribution >= 4 is 17.7 Å². The topological polar surface area (TPSA) is 71.3 Å². The van der Waals surface area contributed by atoms with Crippen LogP contribution >= 0.6 is 0 Å². The highest BCUT2D eigenvalue weighted by Gasteiger charge is 2.10. The molecule has 0 bridgehead atoms. The lowest BCUT2D eigenvalue weighted by atomic mass is 10.1. The summed E-state index contributed by atoms with van der Waals surface area (Å²) < 4.78 is 10.4. The lowest BCUT2D eigenvalue weighted by molar-refractivity contribution is -0.112. The minimum Gasteiger partial charge on any atom is -0.497 e. The van der Waals surface area contributed by atoms with Crippen LogP contribution in [0.15, 0.2) is 54.1 Å². The standard InChI is InChI=1S/C20H16N2O3/c1-3-11-25-19-6-4-5-15(13-19)12-16(14-21)20(23)22-17-7-9-18(24-2)10-8-17/h1,4-10,12-13H,11H2,2H3,(H,22,23)/b16-12-. The van der Waals surface area contributed by atoms with E-state index < -0.39 is 5.91 Å². The van der Waals surface area contributed by atoms with E-state index in [1.54, 1.807) is 55.6 Å². The molecule has 0 aliphatic rings. The first kappa shape index (κ1) is 17.7. The fourth-order valence-electron chi connectivity index (χ4n) is 2.01. The Kier molecular flexibility index (Phi) is 6.22. The maximum Gasteiger partial charge on any atom is 0.266 e. The first-order valence-corrected chi connectivity index (χ1v) is 7.40. The van der Waals surface area contributed by atoms with Crippen LogP contribution in [-0.4, -0.2) is 19.6 Å². The number of anilines is 1. The molecule has 0 aliphatic heterocycles. The largest absolute Gasteiger partial charge is 0.497 e. The number of ether oxygens (including phenoxy) is 2. The van der Waals surface area contributed by atoms with Gasteiger partial charge in [-0.1, -0.05) is 18.1 Å². The van der Waals surface area contributed by atoms with E-state index in [1.165, 1.54) is 6.08 Å². The molecule has 5 nitrogen and oxygen atoms in total. The average Bonchev–Trinajstić information content (AvgIpc) is 2.65. The van der Waals surface area contributed by atoms with E-state index in [0.717, 1.165) is 0 Å². The van der Waals surface area contributed by atoms with Crippen molar-refractivity contribution in [1.82, 2.24) is 0 Å². The van der Waals surface area contributed by atoms with Gasteiger partial charge in [0.2, 0.25) is 0 Å². The zero-order chi connectivity index (χ0) is 18.1. The van der Waals surface area contributed by atoms with E-state index in [0.29, 0.717) is 22.7 Å². The number of hydrogen-bond acceptors (Lipinski definition) is 4. The average molecular weight is 332 g/mol. The summed E-state index contributed by atoms with van der Waals surface area (Å²) in [5.74, 6) is 3.13. The second-order valence-electron chi connectivity index (χ2n) is 4.92. The van der Waals surface area contributed by atoms with E-state index in [4.69, 9.17) is 15.9 Å². The van der Waals surface area contributed by atoms with E-state index in [-0.39, 0.29) is 12.2 Å². The second-order valence-corrected chi connectivity index (χ2v) is 4.92. The molecule has 0 aromatic heterocycles. The number of rotatable bonds is 6. The van der Waals surface area contributed by atoms with Crippen LogP contribution in [0, 0.1) is 23.7 Å². The van der Waals surface area contributed by atoms with Crippen LogP contribution in [0.2, 0.25) is 0 Å². The number of carbonyl (C=O) groups excluding carboxylic acids is 1. The Morgan fingerprint density at radius 3 is 2.64 bits per heavy atom. The lowest BCUT2D eigenvalue weighted by Crippen LogP contribution is -2.13. The highest BCUT2D eigenvalue weighted by molar-refractivity contribution is 6.09. The highest BCUT2D eigenvalue weighted by Crippen LogP contribution is 2.18. The van der Waals surface area contributed by atoms with Gasteiger partial charge in [0.15, 0.2) is 0 Å². The van der Waals surface area contributed by atoms with Gasteiger partial charge in [0.05, 0.1) is 7.11 Å². The van der Waals surface area contributed by atoms with Crippen LogP contribution in [0.4, 0.5) is 5.69 Å². The number of amides is 1. The van der Waals surface area contributed by atoms with E-state index in [2.05, 4.69) is 11.2 Å². The van der Waals surface area contributed by atoms with Gasteiger partial charge in [-0.15, -0.1) is 6.42 Å². The molecule has 0 atom stereocenters. The fraction of sp³-hybridized carbons (Fsp3) is 0.100. The number of nitriles is 1. The van der Waals surface area contributed by atoms with Crippen LogP contribution < -0.4 is 14.8 Å². The van der Waals surface area contributed by atoms with Gasteiger partial charge >= 0.3 is 0 Å². The van der Waals surface area contributed by atoms with E-state index in [9.17, 15) is 10.1 Å². The third-order valence-electron chi connectivity index (χ3n) is 3.20. The van der Waals surface area contributed by atoms with Crippen molar-refractivity contribution in [1.29, 1.82) is 5.26 Å². The van der Waals surface area contributed by atoms with Crippen LogP contribution in [0.3, 0.4) is 0 Å². The molecule has 0 radical (unpaired) electrons. The summed E-state index contributed by atoms with van der Waals surface area (Å²) in [5.41, 5.74) is 1.21. The maximum atomic E-state index is 12.3. The number of carbonyl (C=O) groups is 1. The predicted molar refractivity (Wildman–Crippen MR) is 96.0 cm³/mol. The minimum absolute atomic E-state index is 0.0232. The highest BCUT2D eigenvalue weighted by atomic mass is 16.5. The Labute approximate surface area is 146 Å². The molecule has 0 heterocycles. The molecular formula is C20H16N2O3. The molecule has 5 heteroatoms. The summed E-state index contributed by atoms with van der Waals surface area (Å²) in [6.07, 6.45) is 6.64. The number of benzene rings is 2. The first-order valence-electron chi connectivity index (χ1n) is 7.40. The number of terminal acetylenes is 1. The van der Waals surface area contributed by atoms with Crippen LogP contribution in [-0.2, 0) is 4.79 Å². The molecular weight excluding hydrogens is 316 g/mol. The Morgan fingerprint density at radius 2 is 2.00 bits per heavy atom. The van der Waals surface area contributed by atoms with Crippen LogP contribution in [0.25, 0.3) is 6.08 Å². The summed E-state index contributed by atoms with van der Waals surface area (Å²) in [6.45, 7) is 0.149. The van der Waals surface area contributed by atoms with Gasteiger partial charge in [-0.2, -0.15) is 5.26 Å². The second kappa shape index (κ2) is 8.81. The molecule has 1 amide bonds. The molecule has 0 unspecified atom stereocenters. The lowest BCUT2D eigenvalue weighted by Gasteiger charge is -2.06. The number of nitrogens with one attached hydrogen (secondary N) is 1. The van der Waals surface area contributed by atoms with Crippen molar-refractivity contribution in [2.24, 2.45) is 0 Å². The summed E-state index contributed by atoms with van der Waals surface area (Å²) in [5, 5.41) is 11.9. The summed E-state index contributed by atoms with van der Waals surface area (Å²) in [4.78, 5) is 12.3. The summed E-state index contributed by atoms with van der Waals surface area (Å²) >= 11 is 0. The number of nitrogens with zero attached hydrogens (tertiary/aromatic N) is 1. The third-order valence-corrected chi connectivity index (χ3v) is 3.20. The van der Waals surface area contributed by atoms with Gasteiger partial charge in [-0.05, 0) is 48.0 Å². The normalized spacial score (nSPS) is 10.3. The van der Waals surface area contributed by atoms with Crippen molar-refractivity contribution in [3.63, 3.8) is 0 Å². The van der Waals surface area contributed by atoms with Gasteiger partial charge < -0.3 is 14.8 Å².